The van der Waals surface area contributed by atoms with E-state index in [-0.39, 0.29) is 18.1 Å². The van der Waals surface area contributed by atoms with Crippen LogP contribution in [0.25, 0.3) is 10.6 Å². The minimum absolute atomic E-state index is 0.135. The van der Waals surface area contributed by atoms with Crippen LogP contribution in [0.2, 0.25) is 10.0 Å². The van der Waals surface area contributed by atoms with Crippen LogP contribution in [0.1, 0.15) is 72.6 Å². The Hall–Kier alpha value is -2.18. The quantitative estimate of drug-likeness (QED) is 0.251. The molecule has 0 saturated carbocycles. The fourth-order valence-corrected chi connectivity index (χ4v) is 5.24. The summed E-state index contributed by atoms with van der Waals surface area (Å²) in [7, 11) is 0. The van der Waals surface area contributed by atoms with Crippen LogP contribution in [0.15, 0.2) is 49.1 Å². The molecule has 0 radical (unpaired) electrons. The molecule has 0 aliphatic heterocycles. The Labute approximate surface area is 236 Å². The zero-order chi connectivity index (χ0) is 27.5. The van der Waals surface area contributed by atoms with Crippen LogP contribution in [-0.4, -0.2) is 23.1 Å². The Morgan fingerprint density at radius 3 is 2.49 bits per heavy atom. The second kappa shape index (κ2) is 15.3. The van der Waals surface area contributed by atoms with Crippen molar-refractivity contribution in [2.45, 2.75) is 79.6 Å². The molecule has 1 atom stereocenters. The van der Waals surface area contributed by atoms with Crippen molar-refractivity contribution in [3.8, 4) is 10.6 Å². The molecule has 1 aromatic heterocycles. The van der Waals surface area contributed by atoms with Gasteiger partial charge in [0.15, 0.2) is 0 Å². The molecular weight excluding hydrogens is 523 g/mol. The van der Waals surface area contributed by atoms with Gasteiger partial charge in [-0.2, -0.15) is 0 Å². The van der Waals surface area contributed by atoms with Crippen molar-refractivity contribution in [1.82, 2.24) is 10.3 Å². The number of carbonyl (C=O) groups is 1. The average molecular weight is 562 g/mol. The lowest BCUT2D eigenvalue weighted by Crippen LogP contribution is -2.24. The molecule has 0 aliphatic carbocycles. The standard InChI is InChI=1S/C25H28Cl2N2O2S.C5H10/c1-14(2)31-16(4)10-18-7-6-15(3)19(11-18)13-28-24(30)23-17(5)32-25(29-23)21-9-8-20(26)12-22(21)27;1-3-5-4-2/h6-9,11-12,14,16H,10,13H2,1-5H3,(H,28,30);3H,1,4-5H2,2H3. The predicted molar refractivity (Wildman–Crippen MR) is 159 cm³/mol. The maximum atomic E-state index is 12.9. The highest BCUT2D eigenvalue weighted by atomic mass is 35.5. The highest BCUT2D eigenvalue weighted by molar-refractivity contribution is 7.15. The van der Waals surface area contributed by atoms with E-state index in [0.717, 1.165) is 34.4 Å². The summed E-state index contributed by atoms with van der Waals surface area (Å²) in [6.07, 6.45) is 5.47. The first-order valence-corrected chi connectivity index (χ1v) is 14.2. The molecule has 0 aliphatic rings. The van der Waals surface area contributed by atoms with Gasteiger partial charge in [-0.25, -0.2) is 4.98 Å². The molecule has 1 N–H and O–H groups in total. The summed E-state index contributed by atoms with van der Waals surface area (Å²) in [6, 6.07) is 11.6. The van der Waals surface area contributed by atoms with E-state index in [9.17, 15) is 4.79 Å². The van der Waals surface area contributed by atoms with Gasteiger partial charge in [-0.1, -0.05) is 60.8 Å². The molecule has 4 nitrogen and oxygen atoms in total. The number of amides is 1. The van der Waals surface area contributed by atoms with Crippen molar-refractivity contribution in [3.63, 3.8) is 0 Å². The Morgan fingerprint density at radius 2 is 1.89 bits per heavy atom. The van der Waals surface area contributed by atoms with Gasteiger partial charge in [0, 0.05) is 22.0 Å². The molecule has 3 aromatic rings. The molecule has 3 rings (SSSR count). The fourth-order valence-electron chi connectivity index (χ4n) is 3.74. The average Bonchev–Trinajstić information content (AvgIpc) is 3.21. The number of aryl methyl sites for hydroxylation is 2. The van der Waals surface area contributed by atoms with E-state index < -0.39 is 0 Å². The van der Waals surface area contributed by atoms with E-state index in [1.807, 2.05) is 39.8 Å². The molecule has 200 valence electrons. The van der Waals surface area contributed by atoms with Crippen LogP contribution in [-0.2, 0) is 17.7 Å². The van der Waals surface area contributed by atoms with Gasteiger partial charge in [0.2, 0.25) is 0 Å². The van der Waals surface area contributed by atoms with Crippen molar-refractivity contribution < 1.29 is 9.53 Å². The number of hydrogen-bond acceptors (Lipinski definition) is 4. The predicted octanol–water partition coefficient (Wildman–Crippen LogP) is 8.99. The van der Waals surface area contributed by atoms with Gasteiger partial charge in [-0.3, -0.25) is 4.79 Å². The van der Waals surface area contributed by atoms with E-state index in [1.165, 1.54) is 23.3 Å². The highest BCUT2D eigenvalue weighted by Crippen LogP contribution is 2.34. The van der Waals surface area contributed by atoms with Crippen molar-refractivity contribution in [3.05, 3.63) is 86.4 Å². The van der Waals surface area contributed by atoms with Crippen LogP contribution < -0.4 is 5.32 Å². The smallest absolute Gasteiger partial charge is 0.271 e. The van der Waals surface area contributed by atoms with E-state index in [1.54, 1.807) is 12.1 Å². The minimum Gasteiger partial charge on any atom is -0.376 e. The molecule has 0 fully saturated rings. The summed E-state index contributed by atoms with van der Waals surface area (Å²) in [5, 5.41) is 4.80. The van der Waals surface area contributed by atoms with Crippen LogP contribution >= 0.6 is 34.5 Å². The molecular formula is C30H38Cl2N2O2S. The fraction of sp³-hybridized carbons (Fsp3) is 0.400. The first kappa shape index (κ1) is 31.0. The number of halogens is 2. The molecule has 7 heteroatoms. The minimum atomic E-state index is -0.198. The monoisotopic (exact) mass is 560 g/mol. The summed E-state index contributed by atoms with van der Waals surface area (Å²) in [4.78, 5) is 18.3. The summed E-state index contributed by atoms with van der Waals surface area (Å²) in [5.74, 6) is -0.198. The normalized spacial score (nSPS) is 11.6. The lowest BCUT2D eigenvalue weighted by Gasteiger charge is -2.17. The molecule has 0 saturated heterocycles. The number of rotatable bonds is 10. The van der Waals surface area contributed by atoms with E-state index >= 15 is 0 Å². The Kier molecular flexibility index (Phi) is 12.8. The maximum absolute atomic E-state index is 12.9. The maximum Gasteiger partial charge on any atom is 0.271 e. The van der Waals surface area contributed by atoms with Crippen LogP contribution in [0, 0.1) is 13.8 Å². The summed E-state index contributed by atoms with van der Waals surface area (Å²) in [5.41, 5.74) is 4.60. The molecule has 1 heterocycles. The van der Waals surface area contributed by atoms with Crippen molar-refractivity contribution in [2.75, 3.05) is 0 Å². The number of benzene rings is 2. The third-order valence-electron chi connectivity index (χ3n) is 5.55. The molecule has 1 unspecified atom stereocenters. The zero-order valence-electron chi connectivity index (χ0n) is 22.7. The molecule has 1 amide bonds. The van der Waals surface area contributed by atoms with Gasteiger partial charge in [0.25, 0.3) is 5.91 Å². The number of unbranched alkanes of at least 4 members (excludes halogenated alkanes) is 1. The number of ether oxygens (including phenoxy) is 1. The second-order valence-corrected chi connectivity index (χ2v) is 11.3. The van der Waals surface area contributed by atoms with Gasteiger partial charge in [-0.05, 0) is 82.3 Å². The largest absolute Gasteiger partial charge is 0.376 e. The highest BCUT2D eigenvalue weighted by Gasteiger charge is 2.18. The Balaban J connectivity index is 0.000000877. The van der Waals surface area contributed by atoms with Crippen molar-refractivity contribution in [2.24, 2.45) is 0 Å². The molecule has 37 heavy (non-hydrogen) atoms. The first-order valence-electron chi connectivity index (χ1n) is 12.6. The van der Waals surface area contributed by atoms with E-state index in [4.69, 9.17) is 27.9 Å². The summed E-state index contributed by atoms with van der Waals surface area (Å²) >= 11 is 13.7. The molecule has 0 spiro atoms. The van der Waals surface area contributed by atoms with Crippen LogP contribution in [0.3, 0.4) is 0 Å². The molecule has 0 bridgehead atoms. The number of thiazole rings is 1. The number of carbonyl (C=O) groups excluding carboxylic acids is 1. The number of nitrogens with one attached hydrogen (secondary N) is 1. The number of nitrogens with zero attached hydrogens (tertiary/aromatic N) is 1. The SMILES string of the molecule is C=CCCC.Cc1ccc(CC(C)OC(C)C)cc1CNC(=O)c1nc(-c2ccc(Cl)cc2Cl)sc1C. The number of hydrogen-bond donors (Lipinski definition) is 1. The number of aromatic nitrogens is 1. The summed E-state index contributed by atoms with van der Waals surface area (Å²) < 4.78 is 5.85. The van der Waals surface area contributed by atoms with Gasteiger partial charge in [0.1, 0.15) is 10.7 Å². The Morgan fingerprint density at radius 1 is 1.16 bits per heavy atom. The lowest BCUT2D eigenvalue weighted by molar-refractivity contribution is 0.0195. The summed E-state index contributed by atoms with van der Waals surface area (Å²) in [6.45, 7) is 16.2. The third kappa shape index (κ3) is 9.90. The number of allylic oxidation sites excluding steroid dienone is 1. The van der Waals surface area contributed by atoms with E-state index in [2.05, 4.69) is 48.9 Å². The van der Waals surface area contributed by atoms with Gasteiger partial charge in [0.05, 0.1) is 17.2 Å². The first-order chi connectivity index (χ1) is 17.5. The van der Waals surface area contributed by atoms with E-state index in [0.29, 0.717) is 27.3 Å². The lowest BCUT2D eigenvalue weighted by atomic mass is 10.0. The second-order valence-electron chi connectivity index (χ2n) is 9.27. The van der Waals surface area contributed by atoms with Crippen LogP contribution in [0.4, 0.5) is 0 Å². The van der Waals surface area contributed by atoms with Crippen molar-refractivity contribution >= 4 is 40.4 Å². The zero-order valence-corrected chi connectivity index (χ0v) is 25.0. The Bertz CT molecular complexity index is 1190. The van der Waals surface area contributed by atoms with Crippen LogP contribution in [0.5, 0.6) is 0 Å². The van der Waals surface area contributed by atoms with Gasteiger partial charge < -0.3 is 10.1 Å². The molecule has 2 aromatic carbocycles. The topological polar surface area (TPSA) is 51.2 Å². The van der Waals surface area contributed by atoms with Gasteiger partial charge in [-0.15, -0.1) is 17.9 Å². The third-order valence-corrected chi connectivity index (χ3v) is 7.10. The van der Waals surface area contributed by atoms with Gasteiger partial charge >= 0.3 is 0 Å². The van der Waals surface area contributed by atoms with Crippen molar-refractivity contribution in [1.29, 1.82) is 0 Å².